The minimum Gasteiger partial charge on any atom is -0.494 e. The number of hydrogen-bond acceptors (Lipinski definition) is 4. The molecule has 0 fully saturated rings. The number of nitrogens with zero attached hydrogens (tertiary/aromatic N) is 1. The largest absolute Gasteiger partial charge is 0.494 e. The molecule has 2 N–H and O–H groups in total. The van der Waals surface area contributed by atoms with E-state index in [1.807, 2.05) is 43.3 Å². The lowest BCUT2D eigenvalue weighted by molar-refractivity contribution is 0.337. The summed E-state index contributed by atoms with van der Waals surface area (Å²) in [5.41, 5.74) is 9.16. The van der Waals surface area contributed by atoms with E-state index in [4.69, 9.17) is 10.5 Å². The zero-order valence-electron chi connectivity index (χ0n) is 12.5. The average Bonchev–Trinajstić information content (AvgIpc) is 2.91. The maximum Gasteiger partial charge on any atom is 0.180 e. The van der Waals surface area contributed by atoms with Crippen LogP contribution in [0.25, 0.3) is 11.3 Å². The number of nitrogen functional groups attached to an aromatic ring is 1. The van der Waals surface area contributed by atoms with Crippen LogP contribution in [0.15, 0.2) is 54.6 Å². The maximum absolute atomic E-state index is 5.94. The molecule has 22 heavy (non-hydrogen) atoms. The molecule has 0 amide bonds. The van der Waals surface area contributed by atoms with Gasteiger partial charge in [-0.05, 0) is 18.6 Å². The van der Waals surface area contributed by atoms with E-state index < -0.39 is 0 Å². The number of anilines is 1. The number of benzene rings is 2. The first-order valence-electron chi connectivity index (χ1n) is 7.29. The second-order valence-electron chi connectivity index (χ2n) is 4.91. The van der Waals surface area contributed by atoms with E-state index in [1.165, 1.54) is 0 Å². The van der Waals surface area contributed by atoms with Gasteiger partial charge in [-0.3, -0.25) is 0 Å². The van der Waals surface area contributed by atoms with Gasteiger partial charge in [0.05, 0.1) is 12.3 Å². The Morgan fingerprint density at radius 1 is 1.05 bits per heavy atom. The van der Waals surface area contributed by atoms with Gasteiger partial charge in [0, 0.05) is 16.9 Å². The Bertz CT molecular complexity index is 753. The number of nitrogens with two attached hydrogens (primary N) is 1. The number of thiazole rings is 1. The Hall–Kier alpha value is -2.33. The molecular formula is C18H18N2OS. The molecule has 3 rings (SSSR count). The minimum absolute atomic E-state index is 0.600. The van der Waals surface area contributed by atoms with Crippen molar-refractivity contribution in [3.63, 3.8) is 0 Å². The molecule has 4 heteroatoms. The monoisotopic (exact) mass is 310 g/mol. The molecule has 0 saturated heterocycles. The summed E-state index contributed by atoms with van der Waals surface area (Å²) in [6.45, 7) is 2.66. The number of aromatic nitrogens is 1. The highest BCUT2D eigenvalue weighted by Gasteiger charge is 2.14. The first-order valence-corrected chi connectivity index (χ1v) is 8.11. The Morgan fingerprint density at radius 3 is 2.55 bits per heavy atom. The third-order valence-corrected chi connectivity index (χ3v) is 4.27. The minimum atomic E-state index is 0.600. The second-order valence-corrected chi connectivity index (χ2v) is 6.02. The number of rotatable bonds is 5. The van der Waals surface area contributed by atoms with E-state index >= 15 is 0 Å². The molecule has 1 aromatic heterocycles. The van der Waals surface area contributed by atoms with Gasteiger partial charge in [-0.1, -0.05) is 48.5 Å². The number of ether oxygens (including phenoxy) is 1. The maximum atomic E-state index is 5.94. The van der Waals surface area contributed by atoms with Crippen LogP contribution in [0, 0.1) is 0 Å². The molecule has 0 aliphatic rings. The van der Waals surface area contributed by atoms with E-state index in [0.717, 1.165) is 33.9 Å². The lowest BCUT2D eigenvalue weighted by Crippen LogP contribution is -1.97. The molecule has 0 unspecified atom stereocenters. The van der Waals surface area contributed by atoms with Gasteiger partial charge in [0.2, 0.25) is 0 Å². The summed E-state index contributed by atoms with van der Waals surface area (Å²) >= 11 is 1.54. The van der Waals surface area contributed by atoms with Crippen LogP contribution < -0.4 is 10.5 Å². The van der Waals surface area contributed by atoms with Crippen molar-refractivity contribution in [2.45, 2.75) is 13.3 Å². The molecule has 0 atom stereocenters. The van der Waals surface area contributed by atoms with E-state index in [2.05, 4.69) is 23.2 Å². The summed E-state index contributed by atoms with van der Waals surface area (Å²) in [5.74, 6) is 0.927. The van der Waals surface area contributed by atoms with E-state index in [1.54, 1.807) is 11.3 Å². The van der Waals surface area contributed by atoms with Crippen molar-refractivity contribution in [2.75, 3.05) is 12.3 Å². The fourth-order valence-corrected chi connectivity index (χ4v) is 3.31. The van der Waals surface area contributed by atoms with Crippen molar-refractivity contribution in [1.82, 2.24) is 4.98 Å². The van der Waals surface area contributed by atoms with Crippen LogP contribution in [0.3, 0.4) is 0 Å². The van der Waals surface area contributed by atoms with Crippen molar-refractivity contribution in [2.24, 2.45) is 0 Å². The third-order valence-electron chi connectivity index (χ3n) is 3.38. The molecule has 0 saturated carbocycles. The molecular weight excluding hydrogens is 292 g/mol. The van der Waals surface area contributed by atoms with Gasteiger partial charge in [0.25, 0.3) is 0 Å². The predicted octanol–water partition coefficient (Wildman–Crippen LogP) is 4.38. The average molecular weight is 310 g/mol. The van der Waals surface area contributed by atoms with Crippen LogP contribution in [-0.4, -0.2) is 11.6 Å². The highest BCUT2D eigenvalue weighted by Crippen LogP contribution is 2.33. The summed E-state index contributed by atoms with van der Waals surface area (Å²) in [6, 6.07) is 18.3. The Labute approximate surface area is 134 Å². The zero-order chi connectivity index (χ0) is 15.4. The first-order chi connectivity index (χ1) is 10.8. The molecule has 3 aromatic rings. The van der Waals surface area contributed by atoms with Crippen LogP contribution in [0.5, 0.6) is 5.75 Å². The quantitative estimate of drug-likeness (QED) is 0.760. The summed E-state index contributed by atoms with van der Waals surface area (Å²) in [6.07, 6.45) is 0.773. The standard InChI is InChI=1S/C18H18N2OS/c1-2-21-15-11-7-6-10-14(15)12-16-17(20-18(19)22-16)13-8-4-3-5-9-13/h3-11H,2,12H2,1H3,(H2,19,20). The third kappa shape index (κ3) is 3.12. The smallest absolute Gasteiger partial charge is 0.180 e. The molecule has 0 spiro atoms. The van der Waals surface area contributed by atoms with E-state index in [-0.39, 0.29) is 0 Å². The SMILES string of the molecule is CCOc1ccccc1Cc1sc(N)nc1-c1ccccc1. The van der Waals surface area contributed by atoms with Crippen LogP contribution in [-0.2, 0) is 6.42 Å². The fourth-order valence-electron chi connectivity index (χ4n) is 2.43. The van der Waals surface area contributed by atoms with Crippen molar-refractivity contribution < 1.29 is 4.74 Å². The lowest BCUT2D eigenvalue weighted by Gasteiger charge is -2.09. The van der Waals surface area contributed by atoms with Crippen LogP contribution >= 0.6 is 11.3 Å². The lowest BCUT2D eigenvalue weighted by atomic mass is 10.1. The summed E-state index contributed by atoms with van der Waals surface area (Å²) in [7, 11) is 0. The number of para-hydroxylation sites is 1. The molecule has 112 valence electrons. The van der Waals surface area contributed by atoms with Gasteiger partial charge in [-0.15, -0.1) is 11.3 Å². The number of hydrogen-bond donors (Lipinski definition) is 1. The van der Waals surface area contributed by atoms with Crippen molar-refractivity contribution in [1.29, 1.82) is 0 Å². The van der Waals surface area contributed by atoms with Crippen LogP contribution in [0.2, 0.25) is 0 Å². The second kappa shape index (κ2) is 6.62. The van der Waals surface area contributed by atoms with Gasteiger partial charge in [0.1, 0.15) is 5.75 Å². The first kappa shape index (κ1) is 14.6. The topological polar surface area (TPSA) is 48.1 Å². The van der Waals surface area contributed by atoms with Gasteiger partial charge in [0.15, 0.2) is 5.13 Å². The molecule has 0 bridgehead atoms. The Kier molecular flexibility index (Phi) is 4.39. The molecule has 3 nitrogen and oxygen atoms in total. The Morgan fingerprint density at radius 2 is 1.77 bits per heavy atom. The van der Waals surface area contributed by atoms with Crippen molar-refractivity contribution in [3.8, 4) is 17.0 Å². The van der Waals surface area contributed by atoms with Crippen molar-refractivity contribution in [3.05, 3.63) is 65.0 Å². The van der Waals surface area contributed by atoms with E-state index in [9.17, 15) is 0 Å². The summed E-state index contributed by atoms with van der Waals surface area (Å²) < 4.78 is 5.71. The molecule has 0 aliphatic carbocycles. The van der Waals surface area contributed by atoms with Crippen LogP contribution in [0.1, 0.15) is 17.4 Å². The van der Waals surface area contributed by atoms with Gasteiger partial charge in [-0.25, -0.2) is 4.98 Å². The normalized spacial score (nSPS) is 10.6. The van der Waals surface area contributed by atoms with Crippen molar-refractivity contribution >= 4 is 16.5 Å². The highest BCUT2D eigenvalue weighted by atomic mass is 32.1. The molecule has 0 aliphatic heterocycles. The highest BCUT2D eigenvalue weighted by molar-refractivity contribution is 7.15. The van der Waals surface area contributed by atoms with E-state index in [0.29, 0.717) is 11.7 Å². The molecule has 1 heterocycles. The zero-order valence-corrected chi connectivity index (χ0v) is 13.3. The van der Waals surface area contributed by atoms with Gasteiger partial charge in [-0.2, -0.15) is 0 Å². The summed E-state index contributed by atoms with van der Waals surface area (Å²) in [5, 5.41) is 0.600. The summed E-state index contributed by atoms with van der Waals surface area (Å²) in [4.78, 5) is 5.67. The molecule has 0 radical (unpaired) electrons. The van der Waals surface area contributed by atoms with Gasteiger partial charge < -0.3 is 10.5 Å². The fraction of sp³-hybridized carbons (Fsp3) is 0.167. The predicted molar refractivity (Wildman–Crippen MR) is 92.4 cm³/mol. The Balaban J connectivity index is 1.97. The molecule has 2 aromatic carbocycles. The van der Waals surface area contributed by atoms with Crippen LogP contribution in [0.4, 0.5) is 5.13 Å². The van der Waals surface area contributed by atoms with Gasteiger partial charge >= 0.3 is 0 Å².